The highest BCUT2D eigenvalue weighted by Gasteiger charge is 2.34. The summed E-state index contributed by atoms with van der Waals surface area (Å²) in [6.07, 6.45) is 7.27. The molecule has 0 saturated heterocycles. The summed E-state index contributed by atoms with van der Waals surface area (Å²) in [6, 6.07) is 0. The number of hydrogen-bond donors (Lipinski definition) is 2. The zero-order valence-electron chi connectivity index (χ0n) is 9.14. The van der Waals surface area contributed by atoms with Crippen LogP contribution in [0.2, 0.25) is 0 Å². The first-order valence-electron chi connectivity index (χ1n) is 5.76. The molecule has 1 aliphatic carbocycles. The Morgan fingerprint density at radius 2 is 2.00 bits per heavy atom. The van der Waals surface area contributed by atoms with Crippen LogP contribution in [0.5, 0.6) is 0 Å². The Kier molecular flexibility index (Phi) is 4.39. The Hall–Kier alpha value is -0.570. The highest BCUT2D eigenvalue weighted by atomic mass is 16.2. The maximum absolute atomic E-state index is 11.8. The molecule has 1 saturated carbocycles. The lowest BCUT2D eigenvalue weighted by molar-refractivity contribution is -0.127. The third-order valence-corrected chi connectivity index (χ3v) is 3.01. The quantitative estimate of drug-likeness (QED) is 0.674. The molecule has 0 atom stereocenters. The topological polar surface area (TPSA) is 55.1 Å². The predicted octanol–water partition coefficient (Wildman–Crippen LogP) is 1.56. The van der Waals surface area contributed by atoms with Crippen molar-refractivity contribution >= 4 is 5.91 Å². The Morgan fingerprint density at radius 1 is 1.36 bits per heavy atom. The highest BCUT2D eigenvalue weighted by Crippen LogP contribution is 2.25. The molecule has 1 fully saturated rings. The summed E-state index contributed by atoms with van der Waals surface area (Å²) in [5.74, 6) is 0.0608. The number of nitrogens with one attached hydrogen (secondary N) is 1. The predicted molar refractivity (Wildman–Crippen MR) is 57.9 cm³/mol. The van der Waals surface area contributed by atoms with Gasteiger partial charge < -0.3 is 11.1 Å². The molecule has 0 spiro atoms. The molecule has 14 heavy (non-hydrogen) atoms. The van der Waals surface area contributed by atoms with Crippen LogP contribution in [0.15, 0.2) is 0 Å². The molecule has 3 N–H and O–H groups in total. The highest BCUT2D eigenvalue weighted by molar-refractivity contribution is 5.86. The van der Waals surface area contributed by atoms with E-state index in [0.717, 1.165) is 45.1 Å². The number of carbonyl (C=O) groups excluding carboxylic acids is 1. The molecule has 1 aliphatic rings. The molecule has 0 radical (unpaired) electrons. The average Bonchev–Trinajstić information content (AvgIpc) is 2.19. The van der Waals surface area contributed by atoms with Crippen LogP contribution in [0.3, 0.4) is 0 Å². The van der Waals surface area contributed by atoms with Crippen molar-refractivity contribution in [3.63, 3.8) is 0 Å². The Morgan fingerprint density at radius 3 is 2.57 bits per heavy atom. The number of nitrogens with two attached hydrogens (primary N) is 1. The minimum Gasteiger partial charge on any atom is -0.355 e. The zero-order chi connectivity index (χ0) is 10.4. The molecule has 0 aromatic rings. The molecule has 0 aromatic carbocycles. The maximum atomic E-state index is 11.8. The summed E-state index contributed by atoms with van der Waals surface area (Å²) in [7, 11) is 0. The van der Waals surface area contributed by atoms with Crippen molar-refractivity contribution in [2.75, 3.05) is 6.54 Å². The molecule has 0 aromatic heterocycles. The molecule has 3 nitrogen and oxygen atoms in total. The largest absolute Gasteiger partial charge is 0.355 e. The lowest BCUT2D eigenvalue weighted by Gasteiger charge is -2.31. The number of hydrogen-bond acceptors (Lipinski definition) is 2. The Bertz CT molecular complexity index is 186. The number of carbonyl (C=O) groups is 1. The fourth-order valence-corrected chi connectivity index (χ4v) is 1.96. The van der Waals surface area contributed by atoms with E-state index < -0.39 is 5.54 Å². The van der Waals surface area contributed by atoms with Crippen LogP contribution in [0.4, 0.5) is 0 Å². The number of amides is 1. The summed E-state index contributed by atoms with van der Waals surface area (Å²) >= 11 is 0. The van der Waals surface area contributed by atoms with E-state index in [-0.39, 0.29) is 5.91 Å². The van der Waals surface area contributed by atoms with Crippen molar-refractivity contribution in [1.82, 2.24) is 5.32 Å². The molecule has 1 amide bonds. The van der Waals surface area contributed by atoms with Crippen LogP contribution in [-0.2, 0) is 4.79 Å². The average molecular weight is 198 g/mol. The first kappa shape index (κ1) is 11.5. The molecule has 0 unspecified atom stereocenters. The van der Waals surface area contributed by atoms with E-state index in [2.05, 4.69) is 12.2 Å². The van der Waals surface area contributed by atoms with Gasteiger partial charge in [0.15, 0.2) is 0 Å². The van der Waals surface area contributed by atoms with Gasteiger partial charge in [-0.25, -0.2) is 0 Å². The second kappa shape index (κ2) is 5.35. The van der Waals surface area contributed by atoms with Crippen molar-refractivity contribution in [2.24, 2.45) is 5.73 Å². The maximum Gasteiger partial charge on any atom is 0.240 e. The summed E-state index contributed by atoms with van der Waals surface area (Å²) in [5.41, 5.74) is 5.51. The number of rotatable bonds is 4. The molecule has 3 heteroatoms. The second-order valence-electron chi connectivity index (χ2n) is 4.33. The van der Waals surface area contributed by atoms with E-state index in [1.54, 1.807) is 0 Å². The lowest BCUT2D eigenvalue weighted by Crippen LogP contribution is -2.55. The molecule has 82 valence electrons. The minimum atomic E-state index is -0.564. The Labute approximate surface area is 86.4 Å². The SMILES string of the molecule is CCCCNC(=O)C1(N)CCCCC1. The van der Waals surface area contributed by atoms with E-state index in [1.807, 2.05) is 0 Å². The molecular formula is C11H22N2O. The van der Waals surface area contributed by atoms with Gasteiger partial charge in [0.05, 0.1) is 5.54 Å². The van der Waals surface area contributed by atoms with E-state index in [0.29, 0.717) is 0 Å². The van der Waals surface area contributed by atoms with Gasteiger partial charge in [0.25, 0.3) is 0 Å². The van der Waals surface area contributed by atoms with E-state index in [9.17, 15) is 4.79 Å². The standard InChI is InChI=1S/C11H22N2O/c1-2-3-9-13-10(14)11(12)7-5-4-6-8-11/h2-9,12H2,1H3,(H,13,14). The third-order valence-electron chi connectivity index (χ3n) is 3.01. The lowest BCUT2D eigenvalue weighted by atomic mass is 9.82. The summed E-state index contributed by atoms with van der Waals surface area (Å²) in [5, 5.41) is 2.93. The van der Waals surface area contributed by atoms with Crippen molar-refractivity contribution < 1.29 is 4.79 Å². The van der Waals surface area contributed by atoms with Crippen molar-refractivity contribution in [2.45, 2.75) is 57.4 Å². The zero-order valence-corrected chi connectivity index (χ0v) is 9.14. The first-order valence-corrected chi connectivity index (χ1v) is 5.76. The van der Waals surface area contributed by atoms with Gasteiger partial charge >= 0.3 is 0 Å². The van der Waals surface area contributed by atoms with Crippen LogP contribution >= 0.6 is 0 Å². The monoisotopic (exact) mass is 198 g/mol. The fraction of sp³-hybridized carbons (Fsp3) is 0.909. The van der Waals surface area contributed by atoms with Crippen molar-refractivity contribution in [3.05, 3.63) is 0 Å². The van der Waals surface area contributed by atoms with Gasteiger partial charge in [0.1, 0.15) is 0 Å². The van der Waals surface area contributed by atoms with Crippen LogP contribution < -0.4 is 11.1 Å². The molecule has 0 bridgehead atoms. The van der Waals surface area contributed by atoms with Crippen molar-refractivity contribution in [1.29, 1.82) is 0 Å². The van der Waals surface area contributed by atoms with Gasteiger partial charge in [-0.05, 0) is 19.3 Å². The third kappa shape index (κ3) is 2.98. The van der Waals surface area contributed by atoms with E-state index in [4.69, 9.17) is 5.73 Å². The molecule has 1 rings (SSSR count). The summed E-state index contributed by atoms with van der Waals surface area (Å²) in [4.78, 5) is 11.8. The molecule has 0 aliphatic heterocycles. The second-order valence-corrected chi connectivity index (χ2v) is 4.33. The van der Waals surface area contributed by atoms with E-state index in [1.165, 1.54) is 6.42 Å². The van der Waals surface area contributed by atoms with Crippen LogP contribution in [0, 0.1) is 0 Å². The van der Waals surface area contributed by atoms with Gasteiger partial charge in [0.2, 0.25) is 5.91 Å². The first-order chi connectivity index (χ1) is 6.69. The normalized spacial score (nSPS) is 20.4. The molecule has 0 heterocycles. The molecular weight excluding hydrogens is 176 g/mol. The fourth-order valence-electron chi connectivity index (χ4n) is 1.96. The van der Waals surface area contributed by atoms with Gasteiger partial charge in [-0.1, -0.05) is 32.6 Å². The van der Waals surface area contributed by atoms with Crippen LogP contribution in [-0.4, -0.2) is 18.0 Å². The summed E-state index contributed by atoms with van der Waals surface area (Å²) in [6.45, 7) is 2.89. The van der Waals surface area contributed by atoms with Gasteiger partial charge in [-0.15, -0.1) is 0 Å². The minimum absolute atomic E-state index is 0.0608. The van der Waals surface area contributed by atoms with Crippen LogP contribution in [0.1, 0.15) is 51.9 Å². The number of unbranched alkanes of at least 4 members (excludes halogenated alkanes) is 1. The van der Waals surface area contributed by atoms with Crippen molar-refractivity contribution in [3.8, 4) is 0 Å². The van der Waals surface area contributed by atoms with E-state index >= 15 is 0 Å². The Balaban J connectivity index is 2.33. The summed E-state index contributed by atoms with van der Waals surface area (Å²) < 4.78 is 0. The van der Waals surface area contributed by atoms with Gasteiger partial charge in [-0.3, -0.25) is 4.79 Å². The van der Waals surface area contributed by atoms with Crippen LogP contribution in [0.25, 0.3) is 0 Å². The van der Waals surface area contributed by atoms with Gasteiger partial charge in [0, 0.05) is 6.54 Å². The smallest absolute Gasteiger partial charge is 0.240 e. The van der Waals surface area contributed by atoms with Gasteiger partial charge in [-0.2, -0.15) is 0 Å².